The highest BCUT2D eigenvalue weighted by atomic mass is 32.1. The number of hydrogen-bond donors (Lipinski definition) is 1. The Morgan fingerprint density at radius 3 is 2.86 bits per heavy atom. The van der Waals surface area contributed by atoms with Crippen molar-refractivity contribution in [2.24, 2.45) is 0 Å². The third-order valence-electron chi connectivity index (χ3n) is 3.47. The Balaban J connectivity index is 1.78. The van der Waals surface area contributed by atoms with Crippen LogP contribution < -0.4 is 5.32 Å². The Kier molecular flexibility index (Phi) is 5.58. The first-order valence-electron chi connectivity index (χ1n) is 7.63. The number of hydrogen-bond acceptors (Lipinski definition) is 5. The Labute approximate surface area is 136 Å². The first kappa shape index (κ1) is 17.0. The Morgan fingerprint density at radius 1 is 1.55 bits per heavy atom. The Morgan fingerprint density at radius 2 is 2.32 bits per heavy atom. The minimum atomic E-state index is -0.438. The van der Waals surface area contributed by atoms with Crippen molar-refractivity contribution < 1.29 is 9.53 Å². The highest BCUT2D eigenvalue weighted by molar-refractivity contribution is 7.09. The summed E-state index contributed by atoms with van der Waals surface area (Å²) in [6, 6.07) is 0.303. The SMILES string of the molecule is CC(NCC1=CCN(C(=O)OC(C)(C)C)CC1)c1cncs1. The number of thiazole rings is 1. The molecular weight excluding hydrogens is 298 g/mol. The number of carbonyl (C=O) groups excluding carboxylic acids is 1. The summed E-state index contributed by atoms with van der Waals surface area (Å²) < 4.78 is 5.40. The molecule has 0 radical (unpaired) electrons. The van der Waals surface area contributed by atoms with Gasteiger partial charge in [-0.2, -0.15) is 0 Å². The van der Waals surface area contributed by atoms with Crippen LogP contribution in [0.1, 0.15) is 45.0 Å². The second-order valence-corrected chi connectivity index (χ2v) is 7.46. The summed E-state index contributed by atoms with van der Waals surface area (Å²) in [5.74, 6) is 0. The molecule has 1 aliphatic rings. The van der Waals surface area contributed by atoms with Crippen LogP contribution in [0, 0.1) is 0 Å². The van der Waals surface area contributed by atoms with Gasteiger partial charge in [-0.05, 0) is 34.1 Å². The van der Waals surface area contributed by atoms with E-state index in [0.29, 0.717) is 12.6 Å². The van der Waals surface area contributed by atoms with Crippen LogP contribution in [0.3, 0.4) is 0 Å². The lowest BCUT2D eigenvalue weighted by Crippen LogP contribution is -2.40. The molecular formula is C16H25N3O2S. The van der Waals surface area contributed by atoms with Gasteiger partial charge in [0, 0.05) is 36.8 Å². The van der Waals surface area contributed by atoms with Gasteiger partial charge < -0.3 is 15.0 Å². The maximum atomic E-state index is 12.0. The first-order chi connectivity index (χ1) is 10.3. The lowest BCUT2D eigenvalue weighted by atomic mass is 10.1. The number of carbonyl (C=O) groups is 1. The topological polar surface area (TPSA) is 54.5 Å². The molecule has 0 aromatic carbocycles. The second kappa shape index (κ2) is 7.24. The van der Waals surface area contributed by atoms with Crippen molar-refractivity contribution in [3.8, 4) is 0 Å². The van der Waals surface area contributed by atoms with Crippen LogP contribution in [-0.2, 0) is 4.74 Å². The van der Waals surface area contributed by atoms with Gasteiger partial charge >= 0.3 is 6.09 Å². The van der Waals surface area contributed by atoms with Crippen LogP contribution >= 0.6 is 11.3 Å². The predicted octanol–water partition coefficient (Wildman–Crippen LogP) is 3.36. The zero-order chi connectivity index (χ0) is 16.2. The van der Waals surface area contributed by atoms with Crippen molar-refractivity contribution in [3.05, 3.63) is 28.2 Å². The molecule has 0 spiro atoms. The normalized spacial score (nSPS) is 17.1. The molecule has 2 heterocycles. The van der Waals surface area contributed by atoms with Crippen molar-refractivity contribution >= 4 is 17.4 Å². The van der Waals surface area contributed by atoms with E-state index in [1.165, 1.54) is 10.5 Å². The molecule has 5 nitrogen and oxygen atoms in total. The van der Waals surface area contributed by atoms with Crippen molar-refractivity contribution in [1.82, 2.24) is 15.2 Å². The summed E-state index contributed by atoms with van der Waals surface area (Å²) in [6.07, 6.45) is 4.69. The van der Waals surface area contributed by atoms with E-state index >= 15 is 0 Å². The van der Waals surface area contributed by atoms with Gasteiger partial charge in [-0.3, -0.25) is 4.98 Å². The summed E-state index contributed by atoms with van der Waals surface area (Å²) in [5, 5.41) is 3.50. The van der Waals surface area contributed by atoms with Gasteiger partial charge in [-0.25, -0.2) is 4.79 Å². The smallest absolute Gasteiger partial charge is 0.410 e. The molecule has 22 heavy (non-hydrogen) atoms. The van der Waals surface area contributed by atoms with E-state index in [0.717, 1.165) is 19.5 Å². The fraction of sp³-hybridized carbons (Fsp3) is 0.625. The van der Waals surface area contributed by atoms with Gasteiger partial charge in [0.1, 0.15) is 5.60 Å². The number of aromatic nitrogens is 1. The highest BCUT2D eigenvalue weighted by Crippen LogP contribution is 2.18. The van der Waals surface area contributed by atoms with Crippen molar-refractivity contribution in [3.63, 3.8) is 0 Å². The van der Waals surface area contributed by atoms with Crippen LogP contribution in [0.25, 0.3) is 0 Å². The van der Waals surface area contributed by atoms with Crippen molar-refractivity contribution in [2.75, 3.05) is 19.6 Å². The van der Waals surface area contributed by atoms with E-state index in [9.17, 15) is 4.79 Å². The Hall–Kier alpha value is -1.40. The molecule has 1 aromatic rings. The van der Waals surface area contributed by atoms with E-state index < -0.39 is 5.60 Å². The minimum absolute atomic E-state index is 0.228. The number of nitrogens with one attached hydrogen (secondary N) is 1. The fourth-order valence-corrected chi connectivity index (χ4v) is 2.84. The highest BCUT2D eigenvalue weighted by Gasteiger charge is 2.23. The number of ether oxygens (including phenoxy) is 1. The van der Waals surface area contributed by atoms with Gasteiger partial charge in [-0.1, -0.05) is 11.6 Å². The van der Waals surface area contributed by atoms with Crippen LogP contribution in [0.2, 0.25) is 0 Å². The van der Waals surface area contributed by atoms with Crippen LogP contribution in [0.4, 0.5) is 4.79 Å². The molecule has 0 bridgehead atoms. The standard InChI is InChI=1S/C16H25N3O2S/c1-12(14-10-17-11-22-14)18-9-13-5-7-19(8-6-13)15(20)21-16(2,3)4/h5,10-12,18H,6-9H2,1-4H3. The lowest BCUT2D eigenvalue weighted by Gasteiger charge is -2.29. The monoisotopic (exact) mass is 323 g/mol. The molecule has 1 aromatic heterocycles. The van der Waals surface area contributed by atoms with Crippen molar-refractivity contribution in [2.45, 2.75) is 45.8 Å². The number of nitrogens with zero attached hydrogens (tertiary/aromatic N) is 2. The number of rotatable bonds is 4. The molecule has 6 heteroatoms. The van der Waals surface area contributed by atoms with Gasteiger partial charge in [0.15, 0.2) is 0 Å². The Bertz CT molecular complexity index is 520. The molecule has 1 N–H and O–H groups in total. The minimum Gasteiger partial charge on any atom is -0.444 e. The van der Waals surface area contributed by atoms with Gasteiger partial charge in [-0.15, -0.1) is 11.3 Å². The van der Waals surface area contributed by atoms with Gasteiger partial charge in [0.2, 0.25) is 0 Å². The van der Waals surface area contributed by atoms with E-state index in [1.54, 1.807) is 16.2 Å². The fourth-order valence-electron chi connectivity index (χ4n) is 2.19. The molecule has 0 saturated heterocycles. The zero-order valence-electron chi connectivity index (χ0n) is 13.8. The lowest BCUT2D eigenvalue weighted by molar-refractivity contribution is 0.0265. The molecule has 2 rings (SSSR count). The van der Waals surface area contributed by atoms with Crippen LogP contribution in [-0.4, -0.2) is 41.2 Å². The molecule has 1 amide bonds. The predicted molar refractivity (Wildman–Crippen MR) is 89.0 cm³/mol. The summed E-state index contributed by atoms with van der Waals surface area (Å²) in [4.78, 5) is 19.1. The third kappa shape index (κ3) is 5.10. The third-order valence-corrected chi connectivity index (χ3v) is 4.43. The molecule has 0 fully saturated rings. The molecule has 0 saturated carbocycles. The molecule has 1 unspecified atom stereocenters. The summed E-state index contributed by atoms with van der Waals surface area (Å²) in [7, 11) is 0. The largest absolute Gasteiger partial charge is 0.444 e. The number of amides is 1. The zero-order valence-corrected chi connectivity index (χ0v) is 14.6. The maximum Gasteiger partial charge on any atom is 0.410 e. The second-order valence-electron chi connectivity index (χ2n) is 6.55. The van der Waals surface area contributed by atoms with Crippen molar-refractivity contribution in [1.29, 1.82) is 0 Å². The summed E-state index contributed by atoms with van der Waals surface area (Å²) >= 11 is 1.66. The van der Waals surface area contributed by atoms with E-state index in [1.807, 2.05) is 32.5 Å². The van der Waals surface area contributed by atoms with Gasteiger partial charge in [0.25, 0.3) is 0 Å². The average Bonchev–Trinajstić information content (AvgIpc) is 2.97. The molecule has 122 valence electrons. The van der Waals surface area contributed by atoms with Gasteiger partial charge in [0.05, 0.1) is 5.51 Å². The molecule has 1 atom stereocenters. The van der Waals surface area contributed by atoms with E-state index in [-0.39, 0.29) is 6.09 Å². The van der Waals surface area contributed by atoms with E-state index in [4.69, 9.17) is 4.74 Å². The quantitative estimate of drug-likeness (QED) is 0.863. The maximum absolute atomic E-state index is 12.0. The first-order valence-corrected chi connectivity index (χ1v) is 8.51. The molecule has 0 aliphatic carbocycles. The summed E-state index contributed by atoms with van der Waals surface area (Å²) in [5.41, 5.74) is 2.76. The average molecular weight is 323 g/mol. The summed E-state index contributed by atoms with van der Waals surface area (Å²) in [6.45, 7) is 10.0. The van der Waals surface area contributed by atoms with E-state index in [2.05, 4.69) is 23.3 Å². The van der Waals surface area contributed by atoms with Crippen LogP contribution in [0.5, 0.6) is 0 Å². The molecule has 1 aliphatic heterocycles. The van der Waals surface area contributed by atoms with Crippen LogP contribution in [0.15, 0.2) is 23.4 Å².